The Hall–Kier alpha value is -2.33. The Bertz CT molecular complexity index is 756. The number of amides is 1. The molecule has 1 aliphatic carbocycles. The standard InChI is InChI=1S/C22H26N2O2/c23-21-15-24(14-20(21)16-7-2-1-3-8-16)22(25)17-9-6-12-19(13-17)26-18-10-4-5-11-18/h1-3,6-9,12-13,18,20-21H,4-5,10-11,14-15,23H2/t20-,21+/m0/s1. The molecule has 2 aliphatic rings. The van der Waals surface area contributed by atoms with Gasteiger partial charge in [0.25, 0.3) is 5.91 Å². The fourth-order valence-electron chi connectivity index (χ4n) is 4.13. The van der Waals surface area contributed by atoms with E-state index in [1.165, 1.54) is 18.4 Å². The number of hydrogen-bond donors (Lipinski definition) is 1. The van der Waals surface area contributed by atoms with E-state index in [1.807, 2.05) is 47.4 Å². The molecule has 4 nitrogen and oxygen atoms in total. The van der Waals surface area contributed by atoms with Gasteiger partial charge in [-0.1, -0.05) is 36.4 Å². The molecular weight excluding hydrogens is 324 g/mol. The van der Waals surface area contributed by atoms with Crippen molar-refractivity contribution in [1.29, 1.82) is 0 Å². The molecule has 0 spiro atoms. The van der Waals surface area contributed by atoms with Crippen LogP contribution in [0.25, 0.3) is 0 Å². The Morgan fingerprint density at radius 3 is 2.54 bits per heavy atom. The van der Waals surface area contributed by atoms with E-state index in [9.17, 15) is 4.79 Å². The highest BCUT2D eigenvalue weighted by atomic mass is 16.5. The van der Waals surface area contributed by atoms with Gasteiger partial charge in [-0.2, -0.15) is 0 Å². The highest BCUT2D eigenvalue weighted by Gasteiger charge is 2.34. The zero-order valence-electron chi connectivity index (χ0n) is 15.0. The Labute approximate surface area is 155 Å². The molecule has 1 amide bonds. The Morgan fingerprint density at radius 2 is 1.77 bits per heavy atom. The van der Waals surface area contributed by atoms with Crippen molar-refractivity contribution in [2.45, 2.75) is 43.7 Å². The van der Waals surface area contributed by atoms with Crippen LogP contribution in [-0.2, 0) is 0 Å². The van der Waals surface area contributed by atoms with Crippen LogP contribution in [0.15, 0.2) is 54.6 Å². The molecule has 26 heavy (non-hydrogen) atoms. The van der Waals surface area contributed by atoms with Crippen molar-refractivity contribution in [1.82, 2.24) is 4.90 Å². The number of carbonyl (C=O) groups is 1. The highest BCUT2D eigenvalue weighted by molar-refractivity contribution is 5.95. The van der Waals surface area contributed by atoms with Crippen molar-refractivity contribution in [2.24, 2.45) is 5.73 Å². The largest absolute Gasteiger partial charge is 0.490 e. The van der Waals surface area contributed by atoms with Gasteiger partial charge in [-0.3, -0.25) is 4.79 Å². The van der Waals surface area contributed by atoms with Crippen LogP contribution in [0.1, 0.15) is 47.5 Å². The van der Waals surface area contributed by atoms with Gasteiger partial charge in [-0.05, 0) is 49.4 Å². The second-order valence-corrected chi connectivity index (χ2v) is 7.44. The monoisotopic (exact) mass is 350 g/mol. The van der Waals surface area contributed by atoms with E-state index < -0.39 is 0 Å². The number of likely N-dealkylation sites (tertiary alicyclic amines) is 1. The normalized spacial score (nSPS) is 23.3. The topological polar surface area (TPSA) is 55.6 Å². The van der Waals surface area contributed by atoms with E-state index in [2.05, 4.69) is 12.1 Å². The van der Waals surface area contributed by atoms with Crippen LogP contribution in [0.3, 0.4) is 0 Å². The van der Waals surface area contributed by atoms with Crippen LogP contribution >= 0.6 is 0 Å². The summed E-state index contributed by atoms with van der Waals surface area (Å²) >= 11 is 0. The third kappa shape index (κ3) is 3.61. The first kappa shape index (κ1) is 17.1. The molecule has 2 atom stereocenters. The van der Waals surface area contributed by atoms with E-state index in [4.69, 9.17) is 10.5 Å². The van der Waals surface area contributed by atoms with E-state index in [0.717, 1.165) is 18.6 Å². The third-order valence-electron chi connectivity index (χ3n) is 5.57. The zero-order chi connectivity index (χ0) is 17.9. The predicted octanol–water partition coefficient (Wildman–Crippen LogP) is 3.57. The minimum atomic E-state index is -0.0285. The third-order valence-corrected chi connectivity index (χ3v) is 5.57. The SMILES string of the molecule is N[C@@H]1CN(C(=O)c2cccc(OC3CCCC3)c2)C[C@H]1c1ccccc1. The maximum absolute atomic E-state index is 13.0. The van der Waals surface area contributed by atoms with Gasteiger partial charge in [0, 0.05) is 30.6 Å². The number of nitrogens with zero attached hydrogens (tertiary/aromatic N) is 1. The van der Waals surface area contributed by atoms with Gasteiger partial charge >= 0.3 is 0 Å². The van der Waals surface area contributed by atoms with Crippen LogP contribution in [0.4, 0.5) is 0 Å². The van der Waals surface area contributed by atoms with Gasteiger partial charge in [0.15, 0.2) is 0 Å². The van der Waals surface area contributed by atoms with Crippen molar-refractivity contribution in [3.63, 3.8) is 0 Å². The lowest BCUT2D eigenvalue weighted by molar-refractivity contribution is 0.0788. The van der Waals surface area contributed by atoms with Gasteiger partial charge in [-0.15, -0.1) is 0 Å². The van der Waals surface area contributed by atoms with Gasteiger partial charge in [0.2, 0.25) is 0 Å². The molecule has 1 saturated heterocycles. The molecular formula is C22H26N2O2. The Kier molecular flexibility index (Phi) is 4.93. The fourth-order valence-corrected chi connectivity index (χ4v) is 4.13. The Morgan fingerprint density at radius 1 is 1.00 bits per heavy atom. The lowest BCUT2D eigenvalue weighted by Gasteiger charge is -2.18. The molecule has 0 unspecified atom stereocenters. The van der Waals surface area contributed by atoms with Crippen molar-refractivity contribution >= 4 is 5.91 Å². The second-order valence-electron chi connectivity index (χ2n) is 7.44. The summed E-state index contributed by atoms with van der Waals surface area (Å²) in [4.78, 5) is 14.8. The number of rotatable bonds is 4. The molecule has 2 fully saturated rings. The van der Waals surface area contributed by atoms with Gasteiger partial charge < -0.3 is 15.4 Å². The van der Waals surface area contributed by atoms with Gasteiger partial charge in [0.05, 0.1) is 6.10 Å². The molecule has 0 bridgehead atoms. The first-order valence-corrected chi connectivity index (χ1v) is 9.57. The molecule has 2 aromatic rings. The minimum absolute atomic E-state index is 0.0285. The number of carbonyl (C=O) groups excluding carboxylic acids is 1. The van der Waals surface area contributed by atoms with E-state index in [0.29, 0.717) is 24.8 Å². The summed E-state index contributed by atoms with van der Waals surface area (Å²) in [5.41, 5.74) is 8.22. The van der Waals surface area contributed by atoms with Crippen molar-refractivity contribution in [3.8, 4) is 5.75 Å². The maximum atomic E-state index is 13.0. The van der Waals surface area contributed by atoms with Crippen molar-refractivity contribution < 1.29 is 9.53 Å². The number of hydrogen-bond acceptors (Lipinski definition) is 3. The summed E-state index contributed by atoms with van der Waals surface area (Å²) in [6.45, 7) is 1.25. The predicted molar refractivity (Wildman–Crippen MR) is 102 cm³/mol. The molecule has 4 heteroatoms. The molecule has 2 N–H and O–H groups in total. The summed E-state index contributed by atoms with van der Waals surface area (Å²) < 4.78 is 6.04. The quantitative estimate of drug-likeness (QED) is 0.917. The first-order chi connectivity index (χ1) is 12.7. The van der Waals surface area contributed by atoms with Crippen LogP contribution < -0.4 is 10.5 Å². The van der Waals surface area contributed by atoms with Crippen LogP contribution in [0.2, 0.25) is 0 Å². The molecule has 1 aliphatic heterocycles. The molecule has 0 radical (unpaired) electrons. The number of ether oxygens (including phenoxy) is 1. The van der Waals surface area contributed by atoms with E-state index in [-0.39, 0.29) is 17.9 Å². The van der Waals surface area contributed by atoms with Crippen molar-refractivity contribution in [2.75, 3.05) is 13.1 Å². The molecule has 136 valence electrons. The Balaban J connectivity index is 1.46. The van der Waals surface area contributed by atoms with Crippen LogP contribution in [0, 0.1) is 0 Å². The molecule has 4 rings (SSSR count). The van der Waals surface area contributed by atoms with Gasteiger partial charge in [-0.25, -0.2) is 0 Å². The average molecular weight is 350 g/mol. The van der Waals surface area contributed by atoms with E-state index >= 15 is 0 Å². The van der Waals surface area contributed by atoms with Crippen LogP contribution in [-0.4, -0.2) is 36.0 Å². The minimum Gasteiger partial charge on any atom is -0.490 e. The summed E-state index contributed by atoms with van der Waals surface area (Å²) in [5, 5.41) is 0. The molecule has 1 saturated carbocycles. The maximum Gasteiger partial charge on any atom is 0.254 e. The summed E-state index contributed by atoms with van der Waals surface area (Å²) in [7, 11) is 0. The fraction of sp³-hybridized carbons (Fsp3) is 0.409. The smallest absolute Gasteiger partial charge is 0.254 e. The van der Waals surface area contributed by atoms with Gasteiger partial charge in [0.1, 0.15) is 5.75 Å². The lowest BCUT2D eigenvalue weighted by atomic mass is 9.95. The molecule has 0 aromatic heterocycles. The second kappa shape index (κ2) is 7.50. The summed E-state index contributed by atoms with van der Waals surface area (Å²) in [6, 6.07) is 17.8. The summed E-state index contributed by atoms with van der Waals surface area (Å²) in [6.07, 6.45) is 4.98. The zero-order valence-corrected chi connectivity index (χ0v) is 15.0. The number of benzene rings is 2. The first-order valence-electron chi connectivity index (χ1n) is 9.57. The summed E-state index contributed by atoms with van der Waals surface area (Å²) in [5.74, 6) is 1.03. The van der Waals surface area contributed by atoms with Crippen LogP contribution in [0.5, 0.6) is 5.75 Å². The lowest BCUT2D eigenvalue weighted by Crippen LogP contribution is -2.32. The van der Waals surface area contributed by atoms with E-state index in [1.54, 1.807) is 0 Å². The molecule has 2 aromatic carbocycles. The van der Waals surface area contributed by atoms with Crippen molar-refractivity contribution in [3.05, 3.63) is 65.7 Å². The molecule has 1 heterocycles. The number of nitrogens with two attached hydrogens (primary N) is 1. The highest BCUT2D eigenvalue weighted by Crippen LogP contribution is 2.29. The average Bonchev–Trinajstić information content (AvgIpc) is 3.32.